The molecule has 0 N–H and O–H groups in total. The molecule has 1 aromatic heterocycles. The van der Waals surface area contributed by atoms with E-state index in [1.807, 2.05) is 12.1 Å². The maximum Gasteiger partial charge on any atom is 0.167 e. The van der Waals surface area contributed by atoms with Gasteiger partial charge in [-0.05, 0) is 67.0 Å². The van der Waals surface area contributed by atoms with Crippen LogP contribution in [0.15, 0.2) is 72.8 Å². The summed E-state index contributed by atoms with van der Waals surface area (Å²) in [6.07, 6.45) is 0. The van der Waals surface area contributed by atoms with Crippen LogP contribution >= 0.6 is 47.5 Å². The lowest BCUT2D eigenvalue weighted by atomic mass is 10.1. The smallest absolute Gasteiger partial charge is 0.167 e. The fourth-order valence-corrected chi connectivity index (χ4v) is 7.30. The number of thiocarbonyl (C=S) groups is 1. The summed E-state index contributed by atoms with van der Waals surface area (Å²) in [5, 5.41) is 0.0654. The standard InChI is InChI=1S/C26H22N2OS4/c1-16-8-4-6-10-20(16)27-24-23(33-26(31)28(24)21-11-7-5-9-17(21)2)22(32-25(27)30)18-12-14-19(29-3)15-13-18/h4-15,22H,1-3H3. The number of rotatable bonds is 4. The van der Waals surface area contributed by atoms with Gasteiger partial charge in [-0.3, -0.25) is 9.47 Å². The highest BCUT2D eigenvalue weighted by Crippen LogP contribution is 2.53. The second-order valence-electron chi connectivity index (χ2n) is 7.84. The summed E-state index contributed by atoms with van der Waals surface area (Å²) in [5.41, 5.74) is 5.69. The van der Waals surface area contributed by atoms with Crippen LogP contribution in [0.1, 0.15) is 26.8 Å². The molecule has 0 fully saturated rings. The molecule has 33 heavy (non-hydrogen) atoms. The lowest BCUT2D eigenvalue weighted by Gasteiger charge is -2.35. The number of nitrogens with zero attached hydrogens (tertiary/aromatic N) is 2. The van der Waals surface area contributed by atoms with Crippen LogP contribution in [0, 0.1) is 17.8 Å². The molecule has 0 bridgehead atoms. The third-order valence-corrected chi connectivity index (χ3v) is 8.97. The lowest BCUT2D eigenvalue weighted by molar-refractivity contribution is 0.414. The molecule has 1 aliphatic heterocycles. The number of aryl methyl sites for hydroxylation is 2. The number of ether oxygens (including phenoxy) is 1. The van der Waals surface area contributed by atoms with Crippen LogP contribution < -0.4 is 9.64 Å². The summed E-state index contributed by atoms with van der Waals surface area (Å²) in [7, 11) is 1.69. The number of fused-ring (bicyclic) bond motifs is 1. The molecule has 0 amide bonds. The van der Waals surface area contributed by atoms with Crippen LogP contribution in [0.4, 0.5) is 11.5 Å². The number of thioether (sulfide) groups is 1. The average Bonchev–Trinajstić information content (AvgIpc) is 3.16. The zero-order valence-corrected chi connectivity index (χ0v) is 21.7. The molecule has 166 valence electrons. The minimum absolute atomic E-state index is 0.0654. The van der Waals surface area contributed by atoms with E-state index in [0.717, 1.165) is 31.2 Å². The van der Waals surface area contributed by atoms with Crippen molar-refractivity contribution in [1.29, 1.82) is 0 Å². The molecular formula is C26H22N2OS4. The van der Waals surface area contributed by atoms with Crippen LogP contribution in [-0.4, -0.2) is 16.0 Å². The maximum atomic E-state index is 6.04. The van der Waals surface area contributed by atoms with E-state index in [-0.39, 0.29) is 5.25 Å². The zero-order valence-electron chi connectivity index (χ0n) is 18.4. The highest BCUT2D eigenvalue weighted by atomic mass is 32.2. The first-order valence-electron chi connectivity index (χ1n) is 10.5. The molecule has 0 saturated carbocycles. The Morgan fingerprint density at radius 2 is 1.42 bits per heavy atom. The first-order valence-corrected chi connectivity index (χ1v) is 13.0. The van der Waals surface area contributed by atoms with E-state index in [1.54, 1.807) is 30.2 Å². The van der Waals surface area contributed by atoms with Crippen molar-refractivity contribution in [3.05, 3.63) is 98.3 Å². The molecule has 5 rings (SSSR count). The van der Waals surface area contributed by atoms with Crippen molar-refractivity contribution < 1.29 is 4.74 Å². The minimum Gasteiger partial charge on any atom is -0.497 e. The van der Waals surface area contributed by atoms with Crippen molar-refractivity contribution in [2.75, 3.05) is 12.0 Å². The molecule has 1 unspecified atom stereocenters. The van der Waals surface area contributed by atoms with Gasteiger partial charge in [0.2, 0.25) is 0 Å². The maximum absolute atomic E-state index is 6.04. The minimum atomic E-state index is 0.0654. The lowest BCUT2D eigenvalue weighted by Crippen LogP contribution is -2.30. The quantitative estimate of drug-likeness (QED) is 0.259. The third-order valence-electron chi connectivity index (χ3n) is 5.79. The summed E-state index contributed by atoms with van der Waals surface area (Å²) in [5.74, 6) is 1.88. The number of anilines is 2. The Balaban J connectivity index is 1.78. The summed E-state index contributed by atoms with van der Waals surface area (Å²) >= 11 is 15.4. The van der Waals surface area contributed by atoms with E-state index in [4.69, 9.17) is 29.2 Å². The fourth-order valence-electron chi connectivity index (χ4n) is 4.11. The Morgan fingerprint density at radius 3 is 2.03 bits per heavy atom. The molecule has 3 nitrogen and oxygen atoms in total. The number of benzene rings is 3. The van der Waals surface area contributed by atoms with E-state index < -0.39 is 0 Å². The number of para-hydroxylation sites is 2. The van der Waals surface area contributed by atoms with Gasteiger partial charge in [0, 0.05) is 0 Å². The van der Waals surface area contributed by atoms with Crippen molar-refractivity contribution >= 4 is 63.4 Å². The van der Waals surface area contributed by atoms with Crippen LogP contribution in [0.3, 0.4) is 0 Å². The normalized spacial score (nSPS) is 15.4. The largest absolute Gasteiger partial charge is 0.497 e. The van der Waals surface area contributed by atoms with Crippen molar-refractivity contribution in [3.8, 4) is 11.4 Å². The number of hydrogen-bond acceptors (Lipinski definition) is 5. The van der Waals surface area contributed by atoms with Crippen molar-refractivity contribution in [1.82, 2.24) is 4.57 Å². The first-order chi connectivity index (χ1) is 16.0. The van der Waals surface area contributed by atoms with Crippen molar-refractivity contribution in [2.45, 2.75) is 19.1 Å². The number of hydrogen-bond donors (Lipinski definition) is 0. The van der Waals surface area contributed by atoms with Gasteiger partial charge in [-0.1, -0.05) is 72.5 Å². The molecule has 0 radical (unpaired) electrons. The van der Waals surface area contributed by atoms with Gasteiger partial charge in [-0.25, -0.2) is 0 Å². The number of aromatic nitrogens is 1. The van der Waals surface area contributed by atoms with Crippen LogP contribution in [-0.2, 0) is 0 Å². The van der Waals surface area contributed by atoms with Gasteiger partial charge >= 0.3 is 0 Å². The SMILES string of the molecule is COc1ccc(C2SC(=S)N(c3ccccc3C)c3c2sc(=S)n3-c2ccccc2C)cc1. The predicted molar refractivity (Wildman–Crippen MR) is 148 cm³/mol. The van der Waals surface area contributed by atoms with E-state index in [1.165, 1.54) is 21.6 Å². The van der Waals surface area contributed by atoms with E-state index in [2.05, 4.69) is 84.0 Å². The molecular weight excluding hydrogens is 485 g/mol. The molecule has 7 heteroatoms. The summed E-state index contributed by atoms with van der Waals surface area (Å²) < 4.78 is 9.19. The average molecular weight is 507 g/mol. The Kier molecular flexibility index (Phi) is 6.14. The van der Waals surface area contributed by atoms with Crippen LogP contribution in [0.25, 0.3) is 5.69 Å². The van der Waals surface area contributed by atoms with Gasteiger partial charge in [0.15, 0.2) is 3.95 Å². The van der Waals surface area contributed by atoms with Gasteiger partial charge in [0.05, 0.1) is 28.6 Å². The van der Waals surface area contributed by atoms with Gasteiger partial charge in [0.25, 0.3) is 0 Å². The van der Waals surface area contributed by atoms with Crippen LogP contribution in [0.5, 0.6) is 5.75 Å². The Hall–Kier alpha value is -2.45. The molecule has 1 aliphatic rings. The van der Waals surface area contributed by atoms with Gasteiger partial charge < -0.3 is 4.74 Å². The Morgan fingerprint density at radius 1 is 0.818 bits per heavy atom. The Bertz CT molecular complexity index is 1400. The monoisotopic (exact) mass is 506 g/mol. The molecule has 2 heterocycles. The van der Waals surface area contributed by atoms with E-state index in [9.17, 15) is 0 Å². The van der Waals surface area contributed by atoms with Gasteiger partial charge in [-0.15, -0.1) is 11.3 Å². The van der Waals surface area contributed by atoms with Crippen molar-refractivity contribution in [3.63, 3.8) is 0 Å². The molecule has 0 saturated heterocycles. The number of thiazole rings is 1. The molecule has 1 atom stereocenters. The third kappa shape index (κ3) is 3.93. The second kappa shape index (κ2) is 9.06. The second-order valence-corrected chi connectivity index (χ2v) is 11.3. The van der Waals surface area contributed by atoms with E-state index >= 15 is 0 Å². The Labute approximate surface area is 212 Å². The summed E-state index contributed by atoms with van der Waals surface area (Å²) in [6.45, 7) is 4.24. The molecule has 0 spiro atoms. The summed E-state index contributed by atoms with van der Waals surface area (Å²) in [4.78, 5) is 3.40. The molecule has 0 aliphatic carbocycles. The highest BCUT2D eigenvalue weighted by Gasteiger charge is 2.37. The van der Waals surface area contributed by atoms with Gasteiger partial charge in [-0.2, -0.15) is 0 Å². The van der Waals surface area contributed by atoms with Gasteiger partial charge in [0.1, 0.15) is 15.9 Å². The first kappa shape index (κ1) is 22.3. The zero-order chi connectivity index (χ0) is 23.1. The van der Waals surface area contributed by atoms with Crippen molar-refractivity contribution in [2.24, 2.45) is 0 Å². The summed E-state index contributed by atoms with van der Waals surface area (Å²) in [6, 6.07) is 25.0. The predicted octanol–water partition coefficient (Wildman–Crippen LogP) is 8.15. The molecule has 3 aromatic carbocycles. The topological polar surface area (TPSA) is 17.4 Å². The molecule has 4 aromatic rings. The number of methoxy groups -OCH3 is 1. The van der Waals surface area contributed by atoms with E-state index in [0.29, 0.717) is 0 Å². The fraction of sp³-hybridized carbons (Fsp3) is 0.154. The van der Waals surface area contributed by atoms with Crippen LogP contribution in [0.2, 0.25) is 0 Å². The highest BCUT2D eigenvalue weighted by molar-refractivity contribution is 8.23.